The number of hydrogen-bond acceptors (Lipinski definition) is 6. The summed E-state index contributed by atoms with van der Waals surface area (Å²) in [5.41, 5.74) is 1.33. The van der Waals surface area contributed by atoms with Crippen LogP contribution in [-0.4, -0.2) is 51.0 Å². The lowest BCUT2D eigenvalue weighted by Gasteiger charge is -2.32. The number of morpholine rings is 1. The van der Waals surface area contributed by atoms with Crippen molar-refractivity contribution in [2.75, 3.05) is 19.8 Å². The van der Waals surface area contributed by atoms with E-state index in [0.717, 1.165) is 12.1 Å². The predicted molar refractivity (Wildman–Crippen MR) is 80.9 cm³/mol. The van der Waals surface area contributed by atoms with Gasteiger partial charge in [0.25, 0.3) is 5.91 Å². The minimum absolute atomic E-state index is 0.142. The molecular weight excluding hydrogens is 298 g/mol. The average Bonchev–Trinajstić information content (AvgIpc) is 3.23. The van der Waals surface area contributed by atoms with Gasteiger partial charge in [-0.05, 0) is 12.5 Å². The first kappa shape index (κ1) is 15.7. The van der Waals surface area contributed by atoms with Gasteiger partial charge in [0, 0.05) is 18.2 Å². The maximum absolute atomic E-state index is 12.8. The van der Waals surface area contributed by atoms with E-state index in [1.54, 1.807) is 11.0 Å². The van der Waals surface area contributed by atoms with Crippen LogP contribution in [0.3, 0.4) is 0 Å². The molecule has 1 fully saturated rings. The van der Waals surface area contributed by atoms with E-state index in [9.17, 15) is 4.79 Å². The lowest BCUT2D eigenvalue weighted by atomic mass is 10.2. The van der Waals surface area contributed by atoms with Crippen LogP contribution in [0.1, 0.15) is 60.7 Å². The Balaban J connectivity index is 1.84. The fourth-order valence-corrected chi connectivity index (χ4v) is 2.47. The zero-order valence-electron chi connectivity index (χ0n) is 13.6. The second-order valence-electron chi connectivity index (χ2n) is 5.85. The molecule has 23 heavy (non-hydrogen) atoms. The molecule has 0 spiro atoms. The second kappa shape index (κ2) is 6.49. The van der Waals surface area contributed by atoms with Crippen LogP contribution in [-0.2, 0) is 11.2 Å². The number of nitrogens with one attached hydrogen (secondary N) is 1. The number of aromatic amines is 1. The van der Waals surface area contributed by atoms with Gasteiger partial charge < -0.3 is 14.1 Å². The largest absolute Gasteiger partial charge is 0.423 e. The Hall–Kier alpha value is -2.22. The summed E-state index contributed by atoms with van der Waals surface area (Å²) in [6.45, 7) is 7.26. The molecule has 8 nitrogen and oxygen atoms in total. The van der Waals surface area contributed by atoms with Gasteiger partial charge in [-0.15, -0.1) is 10.2 Å². The number of H-pyrrole nitrogens is 1. The monoisotopic (exact) mass is 319 g/mol. The Morgan fingerprint density at radius 3 is 2.96 bits per heavy atom. The van der Waals surface area contributed by atoms with Gasteiger partial charge in [0.1, 0.15) is 11.7 Å². The van der Waals surface area contributed by atoms with Gasteiger partial charge in [0.05, 0.1) is 13.2 Å². The number of aromatic nitrogens is 4. The number of hydrogen-bond donors (Lipinski definition) is 1. The first-order valence-electron chi connectivity index (χ1n) is 7.86. The van der Waals surface area contributed by atoms with Crippen molar-refractivity contribution in [2.24, 2.45) is 0 Å². The van der Waals surface area contributed by atoms with Crippen LogP contribution in [0.2, 0.25) is 0 Å². The van der Waals surface area contributed by atoms with Crippen molar-refractivity contribution in [3.63, 3.8) is 0 Å². The standard InChI is InChI=1S/C15H21N5O3/c1-4-10-7-11(17-16-10)15(21)20-5-6-22-8-12(20)14-19-18-13(23-14)9(2)3/h7,9,12H,4-6,8H2,1-3H3,(H,16,17)/t12-/m0/s1. The number of ether oxygens (including phenoxy) is 1. The first-order chi connectivity index (χ1) is 11.1. The molecule has 1 aliphatic heterocycles. The van der Waals surface area contributed by atoms with Crippen LogP contribution < -0.4 is 0 Å². The van der Waals surface area contributed by atoms with E-state index >= 15 is 0 Å². The Bertz CT molecular complexity index is 678. The molecule has 1 saturated heterocycles. The highest BCUT2D eigenvalue weighted by Crippen LogP contribution is 2.26. The Morgan fingerprint density at radius 2 is 2.30 bits per heavy atom. The molecule has 3 heterocycles. The van der Waals surface area contributed by atoms with Crippen molar-refractivity contribution in [3.8, 4) is 0 Å². The predicted octanol–water partition coefficient (Wildman–Crippen LogP) is 1.69. The van der Waals surface area contributed by atoms with Crippen LogP contribution in [0.25, 0.3) is 0 Å². The molecule has 0 saturated carbocycles. The lowest BCUT2D eigenvalue weighted by molar-refractivity contribution is -0.0110. The summed E-state index contributed by atoms with van der Waals surface area (Å²) >= 11 is 0. The minimum atomic E-state index is -0.377. The van der Waals surface area contributed by atoms with Gasteiger partial charge in [0.15, 0.2) is 0 Å². The normalized spacial score (nSPS) is 18.6. The topological polar surface area (TPSA) is 97.1 Å². The third-order valence-electron chi connectivity index (χ3n) is 3.86. The summed E-state index contributed by atoms with van der Waals surface area (Å²) in [4.78, 5) is 14.4. The Morgan fingerprint density at radius 1 is 1.48 bits per heavy atom. The first-order valence-corrected chi connectivity index (χ1v) is 7.86. The summed E-state index contributed by atoms with van der Waals surface area (Å²) < 4.78 is 11.2. The molecule has 3 rings (SSSR count). The number of carbonyl (C=O) groups excluding carboxylic acids is 1. The zero-order chi connectivity index (χ0) is 16.4. The fourth-order valence-electron chi connectivity index (χ4n) is 2.47. The summed E-state index contributed by atoms with van der Waals surface area (Å²) in [7, 11) is 0. The van der Waals surface area contributed by atoms with E-state index in [4.69, 9.17) is 9.15 Å². The highest BCUT2D eigenvalue weighted by atomic mass is 16.5. The number of carbonyl (C=O) groups is 1. The second-order valence-corrected chi connectivity index (χ2v) is 5.85. The average molecular weight is 319 g/mol. The fraction of sp³-hybridized carbons (Fsp3) is 0.600. The highest BCUT2D eigenvalue weighted by Gasteiger charge is 2.34. The SMILES string of the molecule is CCc1cc(C(=O)N2CCOC[C@H]2c2nnc(C(C)C)o2)n[nH]1. The van der Waals surface area contributed by atoms with Gasteiger partial charge in [-0.2, -0.15) is 5.10 Å². The molecule has 1 amide bonds. The Kier molecular flexibility index (Phi) is 4.42. The summed E-state index contributed by atoms with van der Waals surface area (Å²) in [6.07, 6.45) is 0.800. The van der Waals surface area contributed by atoms with Gasteiger partial charge in [-0.25, -0.2) is 0 Å². The van der Waals surface area contributed by atoms with Crippen LogP contribution in [0.15, 0.2) is 10.5 Å². The molecular formula is C15H21N5O3. The van der Waals surface area contributed by atoms with E-state index in [-0.39, 0.29) is 17.9 Å². The molecule has 1 aliphatic rings. The maximum Gasteiger partial charge on any atom is 0.275 e. The van der Waals surface area contributed by atoms with Crippen LogP contribution >= 0.6 is 0 Å². The van der Waals surface area contributed by atoms with E-state index in [1.165, 1.54) is 0 Å². The van der Waals surface area contributed by atoms with Crippen molar-refractivity contribution in [3.05, 3.63) is 29.2 Å². The summed E-state index contributed by atoms with van der Waals surface area (Å²) in [5, 5.41) is 15.1. The lowest BCUT2D eigenvalue weighted by Crippen LogP contribution is -2.43. The maximum atomic E-state index is 12.8. The number of amides is 1. The van der Waals surface area contributed by atoms with Crippen molar-refractivity contribution >= 4 is 5.91 Å². The number of nitrogens with zero attached hydrogens (tertiary/aromatic N) is 4. The van der Waals surface area contributed by atoms with Crippen LogP contribution in [0.5, 0.6) is 0 Å². The summed E-state index contributed by atoms with van der Waals surface area (Å²) in [6, 6.07) is 1.40. The molecule has 1 atom stereocenters. The number of aryl methyl sites for hydroxylation is 1. The van der Waals surface area contributed by atoms with E-state index in [2.05, 4.69) is 20.4 Å². The molecule has 0 unspecified atom stereocenters. The van der Waals surface area contributed by atoms with Gasteiger partial charge >= 0.3 is 0 Å². The molecule has 1 N–H and O–H groups in total. The third-order valence-corrected chi connectivity index (χ3v) is 3.86. The molecule has 0 bridgehead atoms. The van der Waals surface area contributed by atoms with Gasteiger partial charge in [-0.1, -0.05) is 20.8 Å². The number of rotatable bonds is 4. The zero-order valence-corrected chi connectivity index (χ0v) is 13.6. The van der Waals surface area contributed by atoms with Gasteiger partial charge in [0.2, 0.25) is 11.8 Å². The van der Waals surface area contributed by atoms with Crippen molar-refractivity contribution < 1.29 is 13.9 Å². The Labute approximate surface area is 134 Å². The van der Waals surface area contributed by atoms with Gasteiger partial charge in [-0.3, -0.25) is 9.89 Å². The molecule has 124 valence electrons. The molecule has 2 aromatic heterocycles. The van der Waals surface area contributed by atoms with E-state index in [1.807, 2.05) is 20.8 Å². The smallest absolute Gasteiger partial charge is 0.275 e. The molecule has 0 aromatic carbocycles. The minimum Gasteiger partial charge on any atom is -0.423 e. The van der Waals surface area contributed by atoms with Crippen molar-refractivity contribution in [2.45, 2.75) is 39.2 Å². The van der Waals surface area contributed by atoms with E-state index in [0.29, 0.717) is 37.2 Å². The quantitative estimate of drug-likeness (QED) is 0.921. The van der Waals surface area contributed by atoms with Crippen LogP contribution in [0.4, 0.5) is 0 Å². The third kappa shape index (κ3) is 3.12. The van der Waals surface area contributed by atoms with Crippen molar-refractivity contribution in [1.82, 2.24) is 25.3 Å². The van der Waals surface area contributed by atoms with Crippen molar-refractivity contribution in [1.29, 1.82) is 0 Å². The highest BCUT2D eigenvalue weighted by molar-refractivity contribution is 5.92. The molecule has 2 aromatic rings. The molecule has 0 aliphatic carbocycles. The summed E-state index contributed by atoms with van der Waals surface area (Å²) in [5.74, 6) is 0.959. The molecule has 0 radical (unpaired) electrons. The van der Waals surface area contributed by atoms with E-state index < -0.39 is 0 Å². The van der Waals surface area contributed by atoms with Crippen LogP contribution in [0, 0.1) is 0 Å². The molecule has 8 heteroatoms.